The molecule has 0 aromatic heterocycles. The molecule has 34 heavy (non-hydrogen) atoms. The van der Waals surface area contributed by atoms with E-state index in [0.717, 1.165) is 38.5 Å². The number of carbonyl (C=O) groups excluding carboxylic acids is 1. The van der Waals surface area contributed by atoms with Gasteiger partial charge in [-0.2, -0.15) is 0 Å². The Labute approximate surface area is 199 Å². The minimum Gasteiger partial charge on any atom is -0.479 e. The van der Waals surface area contributed by atoms with Crippen LogP contribution in [0.25, 0.3) is 0 Å². The van der Waals surface area contributed by atoms with Crippen LogP contribution in [0.3, 0.4) is 0 Å². The summed E-state index contributed by atoms with van der Waals surface area (Å²) >= 11 is 0. The zero-order valence-electron chi connectivity index (χ0n) is 19.4. The summed E-state index contributed by atoms with van der Waals surface area (Å²) in [6.45, 7) is 2.13. The van der Waals surface area contributed by atoms with Crippen LogP contribution in [0.5, 0.6) is 0 Å². The zero-order valence-corrected chi connectivity index (χ0v) is 19.4. The van der Waals surface area contributed by atoms with Crippen molar-refractivity contribution in [2.75, 3.05) is 0 Å². The first kappa shape index (κ1) is 24.0. The number of rotatable bonds is 3. The molecule has 8 nitrogen and oxygen atoms in total. The largest absolute Gasteiger partial charge is 0.479 e. The van der Waals surface area contributed by atoms with Crippen LogP contribution in [0.1, 0.15) is 58.3 Å². The van der Waals surface area contributed by atoms with E-state index in [1.54, 1.807) is 0 Å². The van der Waals surface area contributed by atoms with Crippen LogP contribution in [0, 0.1) is 41.4 Å². The summed E-state index contributed by atoms with van der Waals surface area (Å²) < 4.78 is 11.7. The molecule has 0 aromatic rings. The molecule has 4 aliphatic carbocycles. The van der Waals surface area contributed by atoms with Gasteiger partial charge in [0.05, 0.1) is 0 Å². The van der Waals surface area contributed by atoms with Crippen LogP contribution in [0.15, 0.2) is 11.6 Å². The Balaban J connectivity index is 1.40. The van der Waals surface area contributed by atoms with Gasteiger partial charge in [0.2, 0.25) is 0 Å². The van der Waals surface area contributed by atoms with E-state index in [4.69, 9.17) is 15.9 Å². The van der Waals surface area contributed by atoms with Crippen LogP contribution in [-0.2, 0) is 19.1 Å². The molecule has 5 rings (SSSR count). The van der Waals surface area contributed by atoms with Gasteiger partial charge in [0.25, 0.3) is 0 Å². The first-order valence-electron chi connectivity index (χ1n) is 12.4. The highest BCUT2D eigenvalue weighted by molar-refractivity contribution is 5.91. The monoisotopic (exact) mass is 474 g/mol. The van der Waals surface area contributed by atoms with E-state index in [-0.39, 0.29) is 5.78 Å². The number of carbonyl (C=O) groups is 2. The molecular weight excluding hydrogens is 440 g/mol. The predicted octanol–water partition coefficient (Wildman–Crippen LogP) is 1.41. The number of allylic oxidation sites excluding steroid dienone is 1. The maximum atomic E-state index is 11.9. The quantitative estimate of drug-likeness (QED) is 0.451. The molecule has 4 fully saturated rings. The highest BCUT2D eigenvalue weighted by atomic mass is 16.7. The molecule has 0 radical (unpaired) electrons. The molecule has 0 unspecified atom stereocenters. The number of aliphatic hydroxyl groups is 3. The van der Waals surface area contributed by atoms with E-state index in [0.29, 0.717) is 36.5 Å². The lowest BCUT2D eigenvalue weighted by Crippen LogP contribution is -2.63. The van der Waals surface area contributed by atoms with Crippen molar-refractivity contribution in [1.82, 2.24) is 0 Å². The normalized spacial score (nSPS) is 50.4. The molecule has 1 heterocycles. The summed E-state index contributed by atoms with van der Waals surface area (Å²) in [6, 6.07) is 0. The number of fused-ring (bicyclic) bond motifs is 5. The van der Waals surface area contributed by atoms with Crippen LogP contribution in [0.2, 0.25) is 0 Å². The summed E-state index contributed by atoms with van der Waals surface area (Å²) in [4.78, 5) is 23.5. The van der Waals surface area contributed by atoms with Gasteiger partial charge in [-0.15, -0.1) is 6.42 Å². The molecule has 0 amide bonds. The van der Waals surface area contributed by atoms with Gasteiger partial charge in [-0.3, -0.25) is 4.79 Å². The summed E-state index contributed by atoms with van der Waals surface area (Å²) in [7, 11) is 0. The van der Waals surface area contributed by atoms with Crippen molar-refractivity contribution in [3.63, 3.8) is 0 Å². The molecule has 0 aromatic carbocycles. The van der Waals surface area contributed by atoms with Crippen molar-refractivity contribution in [3.05, 3.63) is 11.6 Å². The standard InChI is InChI=1S/C26H34O8/c1-3-26(34-24-21(30)19(28)20(29)22(33-24)23(31)32)11-9-18-17-6-4-13-12-14(27)5-7-15(13)16(17)8-10-25(18,26)2/h1,12,15-22,24,28-30H,4-11H2,2H3,(H,31,32)/t15-,16+,17+,18-,19+,20+,21-,22+,24+,25-,26-/m0/s1. The van der Waals surface area contributed by atoms with E-state index in [2.05, 4.69) is 12.8 Å². The average molecular weight is 475 g/mol. The first-order chi connectivity index (χ1) is 16.1. The molecule has 11 atom stereocenters. The third-order valence-electron chi connectivity index (χ3n) is 9.78. The van der Waals surface area contributed by atoms with Crippen LogP contribution in [0.4, 0.5) is 0 Å². The van der Waals surface area contributed by atoms with Gasteiger partial charge in [0, 0.05) is 11.8 Å². The maximum absolute atomic E-state index is 11.9. The van der Waals surface area contributed by atoms with Gasteiger partial charge in [0.15, 0.2) is 18.2 Å². The third-order valence-corrected chi connectivity index (χ3v) is 9.78. The van der Waals surface area contributed by atoms with E-state index < -0.39 is 47.7 Å². The Bertz CT molecular complexity index is 938. The minimum absolute atomic E-state index is 0.240. The van der Waals surface area contributed by atoms with Crippen LogP contribution < -0.4 is 0 Å². The second-order valence-corrected chi connectivity index (χ2v) is 11.1. The lowest BCUT2D eigenvalue weighted by Gasteiger charge is -2.56. The molecule has 186 valence electrons. The number of aliphatic carboxylic acids is 1. The number of ketones is 1. The highest BCUT2D eigenvalue weighted by Crippen LogP contribution is 2.66. The predicted molar refractivity (Wildman–Crippen MR) is 119 cm³/mol. The van der Waals surface area contributed by atoms with Gasteiger partial charge >= 0.3 is 5.97 Å². The Kier molecular flexibility index (Phi) is 5.93. The number of ether oxygens (including phenoxy) is 2. The second kappa shape index (κ2) is 8.42. The molecule has 5 aliphatic rings. The Morgan fingerprint density at radius 1 is 1.09 bits per heavy atom. The Morgan fingerprint density at radius 2 is 1.85 bits per heavy atom. The number of hydrogen-bond donors (Lipinski definition) is 4. The van der Waals surface area contributed by atoms with Gasteiger partial charge in [0.1, 0.15) is 23.9 Å². The molecule has 0 spiro atoms. The smallest absolute Gasteiger partial charge is 0.335 e. The van der Waals surface area contributed by atoms with E-state index in [9.17, 15) is 30.0 Å². The van der Waals surface area contributed by atoms with Gasteiger partial charge in [-0.05, 0) is 74.7 Å². The lowest BCUT2D eigenvalue weighted by atomic mass is 9.50. The molecular formula is C26H34O8. The summed E-state index contributed by atoms with van der Waals surface area (Å²) in [5.74, 6) is 3.38. The van der Waals surface area contributed by atoms with Crippen LogP contribution >= 0.6 is 0 Å². The zero-order chi connectivity index (χ0) is 24.4. The van der Waals surface area contributed by atoms with E-state index >= 15 is 0 Å². The summed E-state index contributed by atoms with van der Waals surface area (Å²) in [6.07, 6.45) is 6.30. The van der Waals surface area contributed by atoms with Gasteiger partial charge in [-0.1, -0.05) is 18.4 Å². The average Bonchev–Trinajstić information content (AvgIpc) is 3.11. The van der Waals surface area contributed by atoms with E-state index in [1.807, 2.05) is 6.08 Å². The second-order valence-electron chi connectivity index (χ2n) is 11.1. The Morgan fingerprint density at radius 3 is 2.56 bits per heavy atom. The molecule has 0 bridgehead atoms. The first-order valence-corrected chi connectivity index (χ1v) is 12.4. The SMILES string of the molecule is C#C[C@]1(O[C@H]2O[C@@H](C(=O)O)[C@H](O)[C@@H](O)[C@@H]2O)CC[C@H]2[C@@H]3CCC4=CC(=O)CC[C@@H]4[C@H]3CC[C@@]21C. The molecule has 4 N–H and O–H groups in total. The van der Waals surface area contributed by atoms with Crippen molar-refractivity contribution in [2.24, 2.45) is 29.1 Å². The number of carboxylic acid groups (broad SMARTS) is 1. The number of aliphatic hydroxyl groups excluding tert-OH is 3. The molecule has 1 aliphatic heterocycles. The fourth-order valence-electron chi connectivity index (χ4n) is 7.99. The number of carboxylic acids is 1. The van der Waals surface area contributed by atoms with Crippen molar-refractivity contribution < 1.29 is 39.5 Å². The summed E-state index contributed by atoms with van der Waals surface area (Å²) in [5.41, 5.74) is -0.181. The fourth-order valence-corrected chi connectivity index (χ4v) is 7.99. The van der Waals surface area contributed by atoms with Crippen molar-refractivity contribution in [3.8, 4) is 12.3 Å². The van der Waals surface area contributed by atoms with Gasteiger partial charge in [-0.25, -0.2) is 4.79 Å². The van der Waals surface area contributed by atoms with Crippen molar-refractivity contribution >= 4 is 11.8 Å². The lowest BCUT2D eigenvalue weighted by molar-refractivity contribution is -0.324. The maximum Gasteiger partial charge on any atom is 0.335 e. The summed E-state index contributed by atoms with van der Waals surface area (Å²) in [5, 5.41) is 40.2. The number of terminal acetylenes is 1. The third kappa shape index (κ3) is 3.40. The van der Waals surface area contributed by atoms with E-state index in [1.165, 1.54) is 5.57 Å². The topological polar surface area (TPSA) is 134 Å². The fraction of sp³-hybridized carbons (Fsp3) is 0.769. The highest BCUT2D eigenvalue weighted by Gasteiger charge is 2.64. The molecule has 1 saturated heterocycles. The van der Waals surface area contributed by atoms with Crippen molar-refractivity contribution in [2.45, 2.75) is 94.6 Å². The van der Waals surface area contributed by atoms with Gasteiger partial charge < -0.3 is 29.9 Å². The van der Waals surface area contributed by atoms with Crippen molar-refractivity contribution in [1.29, 1.82) is 0 Å². The molecule has 8 heteroatoms. The minimum atomic E-state index is -1.77. The Hall–Kier alpha value is -1.76. The number of hydrogen-bond acceptors (Lipinski definition) is 7. The molecule has 3 saturated carbocycles. The van der Waals surface area contributed by atoms with Crippen LogP contribution in [-0.4, -0.2) is 68.5 Å².